The highest BCUT2D eigenvalue weighted by Crippen LogP contribution is 2.21. The van der Waals surface area contributed by atoms with E-state index in [0.717, 1.165) is 36.0 Å². The summed E-state index contributed by atoms with van der Waals surface area (Å²) in [4.78, 5) is 24.9. The van der Waals surface area contributed by atoms with Gasteiger partial charge in [0.2, 0.25) is 0 Å². The van der Waals surface area contributed by atoms with Crippen molar-refractivity contribution in [3.63, 3.8) is 0 Å². The minimum atomic E-state index is -0.330. The van der Waals surface area contributed by atoms with Gasteiger partial charge in [0.05, 0.1) is 6.04 Å². The average Bonchev–Trinajstić information content (AvgIpc) is 2.60. The van der Waals surface area contributed by atoms with Gasteiger partial charge in [-0.05, 0) is 49.4 Å². The van der Waals surface area contributed by atoms with Crippen molar-refractivity contribution in [2.24, 2.45) is 0 Å². The van der Waals surface area contributed by atoms with Crippen LogP contribution in [0.25, 0.3) is 0 Å². The fourth-order valence-electron chi connectivity index (χ4n) is 2.97. The van der Waals surface area contributed by atoms with Crippen molar-refractivity contribution in [1.29, 1.82) is 0 Å². The highest BCUT2D eigenvalue weighted by atomic mass is 16.2. The summed E-state index contributed by atoms with van der Waals surface area (Å²) in [5.41, 5.74) is 3.22. The van der Waals surface area contributed by atoms with Crippen LogP contribution in [0.4, 0.5) is 0 Å². The second-order valence-corrected chi connectivity index (χ2v) is 6.19. The third-order valence-electron chi connectivity index (χ3n) is 4.45. The molecule has 0 radical (unpaired) electrons. The van der Waals surface area contributed by atoms with E-state index in [-0.39, 0.29) is 23.1 Å². The summed E-state index contributed by atoms with van der Waals surface area (Å²) in [5, 5.41) is 2.57. The van der Waals surface area contributed by atoms with E-state index in [0.29, 0.717) is 0 Å². The number of pyridine rings is 1. The van der Waals surface area contributed by atoms with E-state index in [1.165, 1.54) is 0 Å². The van der Waals surface area contributed by atoms with Crippen LogP contribution in [0.2, 0.25) is 0 Å². The maximum absolute atomic E-state index is 12.8. The number of nitrogens with one attached hydrogen (secondary N) is 1. The number of unbranched alkanes of at least 4 members (excludes halogenated alkanes) is 1. The second kappa shape index (κ2) is 7.95. The number of hydrogen-bond donors (Lipinski definition) is 1. The molecule has 0 saturated heterocycles. The summed E-state index contributed by atoms with van der Waals surface area (Å²) < 4.78 is 1.69. The van der Waals surface area contributed by atoms with Crippen molar-refractivity contribution >= 4 is 5.91 Å². The van der Waals surface area contributed by atoms with Gasteiger partial charge in [0, 0.05) is 13.2 Å². The van der Waals surface area contributed by atoms with Gasteiger partial charge in [-0.15, -0.1) is 0 Å². The summed E-state index contributed by atoms with van der Waals surface area (Å²) >= 11 is 0. The van der Waals surface area contributed by atoms with E-state index < -0.39 is 0 Å². The zero-order valence-corrected chi connectivity index (χ0v) is 14.9. The molecule has 4 nitrogen and oxygen atoms in total. The first kappa shape index (κ1) is 18.0. The second-order valence-electron chi connectivity index (χ2n) is 6.19. The van der Waals surface area contributed by atoms with E-state index in [4.69, 9.17) is 0 Å². The predicted octanol–water partition coefficient (Wildman–Crippen LogP) is 3.47. The summed E-state index contributed by atoms with van der Waals surface area (Å²) in [6.07, 6.45) is 4.87. The standard InChI is InChI=1S/C20H26N2O2/c1-5-6-10-16-12-18(19(23)21-4)20(24)22(13-16)15(3)17-11-8-7-9-14(17)2/h7-9,11-13,15H,5-6,10H2,1-4H3,(H,21,23). The van der Waals surface area contributed by atoms with Crippen molar-refractivity contribution in [1.82, 2.24) is 9.88 Å². The minimum Gasteiger partial charge on any atom is -0.355 e. The molecule has 0 saturated carbocycles. The van der Waals surface area contributed by atoms with E-state index in [1.807, 2.05) is 44.3 Å². The molecule has 0 aliphatic heterocycles. The molecule has 2 aromatic rings. The van der Waals surface area contributed by atoms with Gasteiger partial charge >= 0.3 is 0 Å². The quantitative estimate of drug-likeness (QED) is 0.884. The predicted molar refractivity (Wildman–Crippen MR) is 97.7 cm³/mol. The lowest BCUT2D eigenvalue weighted by molar-refractivity contribution is 0.0960. The number of hydrogen-bond acceptors (Lipinski definition) is 2. The van der Waals surface area contributed by atoms with Crippen molar-refractivity contribution in [2.75, 3.05) is 7.05 Å². The van der Waals surface area contributed by atoms with Crippen molar-refractivity contribution in [3.05, 3.63) is 69.1 Å². The first-order valence-corrected chi connectivity index (χ1v) is 8.52. The molecule has 1 aromatic heterocycles. The van der Waals surface area contributed by atoms with E-state index in [1.54, 1.807) is 17.7 Å². The fraction of sp³-hybridized carbons (Fsp3) is 0.400. The Kier molecular flexibility index (Phi) is 5.96. The molecular formula is C20H26N2O2. The monoisotopic (exact) mass is 326 g/mol. The first-order valence-electron chi connectivity index (χ1n) is 8.52. The van der Waals surface area contributed by atoms with Crippen LogP contribution < -0.4 is 10.9 Å². The molecule has 1 atom stereocenters. The van der Waals surface area contributed by atoms with Crippen LogP contribution in [-0.4, -0.2) is 17.5 Å². The fourth-order valence-corrected chi connectivity index (χ4v) is 2.97. The van der Waals surface area contributed by atoms with Gasteiger partial charge in [0.15, 0.2) is 0 Å². The summed E-state index contributed by atoms with van der Waals surface area (Å²) in [6, 6.07) is 9.65. The molecule has 0 aliphatic carbocycles. The van der Waals surface area contributed by atoms with E-state index in [2.05, 4.69) is 12.2 Å². The maximum Gasteiger partial charge on any atom is 0.263 e. The Morgan fingerprint density at radius 2 is 2.00 bits per heavy atom. The number of amides is 1. The van der Waals surface area contributed by atoms with Gasteiger partial charge < -0.3 is 9.88 Å². The lowest BCUT2D eigenvalue weighted by atomic mass is 10.0. The summed E-state index contributed by atoms with van der Waals surface area (Å²) in [5.74, 6) is -0.330. The van der Waals surface area contributed by atoms with Gasteiger partial charge in [0.25, 0.3) is 11.5 Å². The highest BCUT2D eigenvalue weighted by molar-refractivity contribution is 5.93. The van der Waals surface area contributed by atoms with Crippen molar-refractivity contribution < 1.29 is 4.79 Å². The van der Waals surface area contributed by atoms with E-state index >= 15 is 0 Å². The van der Waals surface area contributed by atoms with Crippen LogP contribution >= 0.6 is 0 Å². The molecule has 1 amide bonds. The molecule has 0 fully saturated rings. The Morgan fingerprint density at radius 1 is 1.29 bits per heavy atom. The topological polar surface area (TPSA) is 51.1 Å². The van der Waals surface area contributed by atoms with Crippen LogP contribution in [0, 0.1) is 6.92 Å². The Labute approximate surface area is 143 Å². The molecule has 24 heavy (non-hydrogen) atoms. The van der Waals surface area contributed by atoms with Crippen molar-refractivity contribution in [2.45, 2.75) is 46.1 Å². The zero-order chi connectivity index (χ0) is 17.7. The number of carbonyl (C=O) groups is 1. The number of carbonyl (C=O) groups excluding carboxylic acids is 1. The van der Waals surface area contributed by atoms with Gasteiger partial charge in [-0.3, -0.25) is 9.59 Å². The highest BCUT2D eigenvalue weighted by Gasteiger charge is 2.18. The van der Waals surface area contributed by atoms with E-state index in [9.17, 15) is 9.59 Å². The van der Waals surface area contributed by atoms with Gasteiger partial charge in [-0.2, -0.15) is 0 Å². The molecule has 1 heterocycles. The van der Waals surface area contributed by atoms with Crippen LogP contribution in [-0.2, 0) is 6.42 Å². The maximum atomic E-state index is 12.8. The molecule has 0 aliphatic rings. The van der Waals surface area contributed by atoms with Gasteiger partial charge in [-0.1, -0.05) is 37.6 Å². The Hall–Kier alpha value is -2.36. The molecule has 0 spiro atoms. The molecule has 128 valence electrons. The summed E-state index contributed by atoms with van der Waals surface area (Å²) in [7, 11) is 1.55. The van der Waals surface area contributed by atoms with Crippen LogP contribution in [0.1, 0.15) is 59.8 Å². The number of benzene rings is 1. The third kappa shape index (κ3) is 3.75. The number of aryl methyl sites for hydroxylation is 2. The van der Waals surface area contributed by atoms with Crippen molar-refractivity contribution in [3.8, 4) is 0 Å². The molecular weight excluding hydrogens is 300 g/mol. The normalized spacial score (nSPS) is 12.0. The average molecular weight is 326 g/mol. The molecule has 1 unspecified atom stereocenters. The Bertz CT molecular complexity index is 777. The zero-order valence-electron chi connectivity index (χ0n) is 14.9. The summed E-state index contributed by atoms with van der Waals surface area (Å²) in [6.45, 7) is 6.17. The van der Waals surface area contributed by atoms with Crippen LogP contribution in [0.15, 0.2) is 41.3 Å². The molecule has 1 aromatic carbocycles. The smallest absolute Gasteiger partial charge is 0.263 e. The SMILES string of the molecule is CCCCc1cc(C(=O)NC)c(=O)n(C(C)c2ccccc2C)c1. The number of rotatable bonds is 6. The number of nitrogens with zero attached hydrogens (tertiary/aromatic N) is 1. The lowest BCUT2D eigenvalue weighted by Gasteiger charge is -2.20. The largest absolute Gasteiger partial charge is 0.355 e. The first-order chi connectivity index (χ1) is 11.5. The molecule has 4 heteroatoms. The Balaban J connectivity index is 2.57. The van der Waals surface area contributed by atoms with Gasteiger partial charge in [0.1, 0.15) is 5.56 Å². The lowest BCUT2D eigenvalue weighted by Crippen LogP contribution is -2.33. The minimum absolute atomic E-state index is 0.122. The Morgan fingerprint density at radius 3 is 2.62 bits per heavy atom. The third-order valence-corrected chi connectivity index (χ3v) is 4.45. The molecule has 0 bridgehead atoms. The molecule has 2 rings (SSSR count). The van der Waals surface area contributed by atoms with Gasteiger partial charge in [-0.25, -0.2) is 0 Å². The van der Waals surface area contributed by atoms with Crippen LogP contribution in [0.5, 0.6) is 0 Å². The van der Waals surface area contributed by atoms with Crippen LogP contribution in [0.3, 0.4) is 0 Å². The molecule has 1 N–H and O–H groups in total. The number of aromatic nitrogens is 1.